The molecule has 0 aromatic heterocycles. The van der Waals surface area contributed by atoms with Gasteiger partial charge < -0.3 is 4.74 Å². The lowest BCUT2D eigenvalue weighted by molar-refractivity contribution is 0.299. The fourth-order valence-corrected chi connectivity index (χ4v) is 2.54. The van der Waals surface area contributed by atoms with E-state index in [2.05, 4.69) is 15.9 Å². The predicted molar refractivity (Wildman–Crippen MR) is 82.2 cm³/mol. The van der Waals surface area contributed by atoms with Crippen LogP contribution in [0.25, 0.3) is 0 Å². The second-order valence-corrected chi connectivity index (χ2v) is 5.66. The van der Waals surface area contributed by atoms with E-state index in [0.717, 1.165) is 11.3 Å². The Morgan fingerprint density at radius 3 is 2.52 bits per heavy atom. The third kappa shape index (κ3) is 3.80. The highest BCUT2D eigenvalue weighted by molar-refractivity contribution is 9.10. The van der Waals surface area contributed by atoms with Gasteiger partial charge in [0.15, 0.2) is 0 Å². The Labute approximate surface area is 131 Å². The summed E-state index contributed by atoms with van der Waals surface area (Å²) in [5.41, 5.74) is 1.03. The summed E-state index contributed by atoms with van der Waals surface area (Å²) in [6, 6.07) is 10.2. The number of hydrogen-bond acceptors (Lipinski definition) is 2. The maximum Gasteiger partial charge on any atom is 0.144 e. The zero-order valence-corrected chi connectivity index (χ0v) is 13.5. The molecule has 0 spiro atoms. The van der Waals surface area contributed by atoms with Gasteiger partial charge in [-0.05, 0) is 41.2 Å². The normalized spacial score (nSPS) is 11.0. The second-order valence-electron chi connectivity index (χ2n) is 4.81. The van der Waals surface area contributed by atoms with E-state index in [0.29, 0.717) is 6.54 Å². The largest absolute Gasteiger partial charge is 0.496 e. The Morgan fingerprint density at radius 1 is 1.10 bits per heavy atom. The molecule has 0 aliphatic carbocycles. The average molecular weight is 356 g/mol. The number of nitrogens with zero attached hydrogens (tertiary/aromatic N) is 1. The Bertz CT molecular complexity index is 634. The van der Waals surface area contributed by atoms with Crippen LogP contribution >= 0.6 is 15.9 Å². The molecule has 0 aliphatic heterocycles. The molecule has 0 aliphatic rings. The summed E-state index contributed by atoms with van der Waals surface area (Å²) in [7, 11) is 3.42. The van der Waals surface area contributed by atoms with Gasteiger partial charge in [-0.1, -0.05) is 18.2 Å². The number of methoxy groups -OCH3 is 1. The van der Waals surface area contributed by atoms with E-state index in [1.54, 1.807) is 7.11 Å². The molecule has 0 bridgehead atoms. The molecule has 0 heterocycles. The Kier molecular flexibility index (Phi) is 5.31. The van der Waals surface area contributed by atoms with Gasteiger partial charge in [0.2, 0.25) is 0 Å². The Balaban J connectivity index is 2.16. The molecule has 2 nitrogen and oxygen atoms in total. The smallest absolute Gasteiger partial charge is 0.144 e. The predicted octanol–water partition coefficient (Wildman–Crippen LogP) is 4.37. The van der Waals surface area contributed by atoms with Gasteiger partial charge in [-0.15, -0.1) is 0 Å². The van der Waals surface area contributed by atoms with Gasteiger partial charge in [0.05, 0.1) is 11.6 Å². The Hall–Kier alpha value is -1.46. The molecule has 0 saturated heterocycles. The van der Waals surface area contributed by atoms with E-state index < -0.39 is 11.6 Å². The highest BCUT2D eigenvalue weighted by Gasteiger charge is 2.15. The number of ether oxygens (including phenoxy) is 1. The highest BCUT2D eigenvalue weighted by Crippen LogP contribution is 2.24. The van der Waals surface area contributed by atoms with E-state index in [1.807, 2.05) is 36.2 Å². The van der Waals surface area contributed by atoms with Gasteiger partial charge in [-0.2, -0.15) is 0 Å². The molecule has 0 N–H and O–H groups in total. The number of benzene rings is 2. The van der Waals surface area contributed by atoms with E-state index in [1.165, 1.54) is 12.1 Å². The molecule has 112 valence electrons. The summed E-state index contributed by atoms with van der Waals surface area (Å²) < 4.78 is 33.3. The van der Waals surface area contributed by atoms with E-state index in [9.17, 15) is 8.78 Å². The number of hydrogen-bond donors (Lipinski definition) is 0. The van der Waals surface area contributed by atoms with Crippen molar-refractivity contribution in [2.45, 2.75) is 13.1 Å². The summed E-state index contributed by atoms with van der Waals surface area (Å²) in [5.74, 6) is -0.330. The standard InChI is InChI=1S/C16H16BrF2NO/c1-20(9-11-5-3-4-6-15(11)21-2)10-12-14(18)8-7-13(17)16(12)19/h3-8H,9-10H2,1-2H3. The molecule has 0 fully saturated rings. The first-order valence-corrected chi connectivity index (χ1v) is 7.25. The molecule has 0 amide bonds. The van der Waals surface area contributed by atoms with Crippen molar-refractivity contribution in [1.82, 2.24) is 4.90 Å². The SMILES string of the molecule is COc1ccccc1CN(C)Cc1c(F)ccc(Br)c1F. The maximum absolute atomic E-state index is 14.0. The summed E-state index contributed by atoms with van der Waals surface area (Å²) in [4.78, 5) is 1.84. The molecule has 5 heteroatoms. The van der Waals surface area contributed by atoms with Gasteiger partial charge in [0.1, 0.15) is 17.4 Å². The van der Waals surface area contributed by atoms with Crippen LogP contribution in [-0.2, 0) is 13.1 Å². The highest BCUT2D eigenvalue weighted by atomic mass is 79.9. The molecule has 21 heavy (non-hydrogen) atoms. The first kappa shape index (κ1) is 15.9. The fraction of sp³-hybridized carbons (Fsp3) is 0.250. The maximum atomic E-state index is 14.0. The van der Waals surface area contributed by atoms with E-state index in [4.69, 9.17) is 4.74 Å². The van der Waals surface area contributed by atoms with Crippen LogP contribution in [0.15, 0.2) is 40.9 Å². The first-order chi connectivity index (χ1) is 10.0. The van der Waals surface area contributed by atoms with Crippen molar-refractivity contribution in [3.05, 3.63) is 63.6 Å². The zero-order valence-electron chi connectivity index (χ0n) is 11.9. The molecule has 0 saturated carbocycles. The van der Waals surface area contributed by atoms with Crippen LogP contribution in [0.5, 0.6) is 5.75 Å². The lowest BCUT2D eigenvalue weighted by Crippen LogP contribution is -2.19. The van der Waals surface area contributed by atoms with Crippen molar-refractivity contribution in [3.8, 4) is 5.75 Å². The zero-order chi connectivity index (χ0) is 15.4. The second kappa shape index (κ2) is 7.00. The monoisotopic (exact) mass is 355 g/mol. The topological polar surface area (TPSA) is 12.5 Å². The lowest BCUT2D eigenvalue weighted by Gasteiger charge is -2.19. The first-order valence-electron chi connectivity index (χ1n) is 6.45. The van der Waals surface area contributed by atoms with Gasteiger partial charge >= 0.3 is 0 Å². The van der Waals surface area contributed by atoms with E-state index >= 15 is 0 Å². The summed E-state index contributed by atoms with van der Waals surface area (Å²) in [6.07, 6.45) is 0. The minimum atomic E-state index is -0.554. The van der Waals surface area contributed by atoms with Gasteiger partial charge in [-0.25, -0.2) is 8.78 Å². The average Bonchev–Trinajstić information content (AvgIpc) is 2.48. The van der Waals surface area contributed by atoms with Crippen molar-refractivity contribution < 1.29 is 13.5 Å². The number of rotatable bonds is 5. The molecule has 0 atom stereocenters. The molecular formula is C16H16BrF2NO. The minimum Gasteiger partial charge on any atom is -0.496 e. The van der Waals surface area contributed by atoms with E-state index in [-0.39, 0.29) is 16.6 Å². The van der Waals surface area contributed by atoms with Crippen LogP contribution < -0.4 is 4.74 Å². The molecule has 2 aromatic carbocycles. The van der Waals surface area contributed by atoms with Crippen LogP contribution in [0, 0.1) is 11.6 Å². The summed E-state index contributed by atoms with van der Waals surface area (Å²) >= 11 is 3.08. The van der Waals surface area contributed by atoms with Crippen LogP contribution in [0.3, 0.4) is 0 Å². The summed E-state index contributed by atoms with van der Waals surface area (Å²) in [6.45, 7) is 0.713. The quantitative estimate of drug-likeness (QED) is 0.738. The fourth-order valence-electron chi connectivity index (χ4n) is 2.16. The molecule has 0 unspecified atom stereocenters. The van der Waals surface area contributed by atoms with Crippen molar-refractivity contribution in [2.75, 3.05) is 14.2 Å². The Morgan fingerprint density at radius 2 is 1.81 bits per heavy atom. The van der Waals surface area contributed by atoms with Crippen molar-refractivity contribution in [2.24, 2.45) is 0 Å². The molecule has 2 aromatic rings. The van der Waals surface area contributed by atoms with Gasteiger partial charge in [0, 0.05) is 24.2 Å². The lowest BCUT2D eigenvalue weighted by atomic mass is 10.1. The van der Waals surface area contributed by atoms with Crippen molar-refractivity contribution in [1.29, 1.82) is 0 Å². The number of para-hydroxylation sites is 1. The summed E-state index contributed by atoms with van der Waals surface area (Å²) in [5, 5.41) is 0. The van der Waals surface area contributed by atoms with Gasteiger partial charge in [-0.3, -0.25) is 4.90 Å². The van der Waals surface area contributed by atoms with Crippen LogP contribution in [-0.4, -0.2) is 19.1 Å². The minimum absolute atomic E-state index is 0.0572. The number of halogens is 3. The van der Waals surface area contributed by atoms with Crippen LogP contribution in [0.4, 0.5) is 8.78 Å². The van der Waals surface area contributed by atoms with Crippen LogP contribution in [0.2, 0.25) is 0 Å². The van der Waals surface area contributed by atoms with Crippen molar-refractivity contribution in [3.63, 3.8) is 0 Å². The molecule has 2 rings (SSSR count). The van der Waals surface area contributed by atoms with Gasteiger partial charge in [0.25, 0.3) is 0 Å². The van der Waals surface area contributed by atoms with Crippen LogP contribution in [0.1, 0.15) is 11.1 Å². The third-order valence-electron chi connectivity index (χ3n) is 3.20. The molecule has 0 radical (unpaired) electrons. The van der Waals surface area contributed by atoms with Crippen molar-refractivity contribution >= 4 is 15.9 Å². The molecular weight excluding hydrogens is 340 g/mol. The third-order valence-corrected chi connectivity index (χ3v) is 3.81.